The Morgan fingerprint density at radius 1 is 1.26 bits per heavy atom. The monoisotopic (exact) mass is 309 g/mol. The van der Waals surface area contributed by atoms with Gasteiger partial charge in [0.15, 0.2) is 0 Å². The highest BCUT2D eigenvalue weighted by Crippen LogP contribution is 2.25. The molecule has 2 heterocycles. The second-order valence-corrected chi connectivity index (χ2v) is 6.21. The van der Waals surface area contributed by atoms with Gasteiger partial charge in [0, 0.05) is 24.5 Å². The number of nitrogens with zero attached hydrogens (tertiary/aromatic N) is 1. The molecule has 1 fully saturated rings. The van der Waals surface area contributed by atoms with Gasteiger partial charge in [-0.15, -0.1) is 0 Å². The lowest BCUT2D eigenvalue weighted by molar-refractivity contribution is -0.116. The van der Waals surface area contributed by atoms with Gasteiger partial charge in [0.1, 0.15) is 0 Å². The van der Waals surface area contributed by atoms with Gasteiger partial charge in [-0.05, 0) is 73.7 Å². The first-order chi connectivity index (χ1) is 11.2. The predicted octanol–water partition coefficient (Wildman–Crippen LogP) is 3.39. The van der Waals surface area contributed by atoms with E-state index >= 15 is 0 Å². The molecule has 1 saturated heterocycles. The maximum absolute atomic E-state index is 12.2. The second kappa shape index (κ2) is 7.38. The topological polar surface area (TPSA) is 54.0 Å². The number of carbonyl (C=O) groups excluding carboxylic acids is 1. The molecule has 2 N–H and O–H groups in total. The molecule has 1 aliphatic rings. The third-order valence-electron chi connectivity index (χ3n) is 4.47. The molecule has 1 aliphatic heterocycles. The van der Waals surface area contributed by atoms with Crippen molar-refractivity contribution >= 4 is 11.6 Å². The average molecular weight is 309 g/mol. The molecule has 1 aromatic carbocycles. The van der Waals surface area contributed by atoms with Crippen molar-refractivity contribution in [1.82, 2.24) is 10.3 Å². The molecule has 0 bridgehead atoms. The summed E-state index contributed by atoms with van der Waals surface area (Å²) in [5, 5.41) is 6.41. The van der Waals surface area contributed by atoms with Crippen molar-refractivity contribution in [2.75, 3.05) is 18.4 Å². The predicted molar refractivity (Wildman–Crippen MR) is 93.3 cm³/mol. The van der Waals surface area contributed by atoms with Crippen LogP contribution in [0.15, 0.2) is 42.7 Å². The Morgan fingerprint density at radius 2 is 2.09 bits per heavy atom. The number of hydrogen-bond donors (Lipinski definition) is 2. The summed E-state index contributed by atoms with van der Waals surface area (Å²) < 4.78 is 0. The molecule has 3 rings (SSSR count). The molecule has 1 amide bonds. The molecule has 23 heavy (non-hydrogen) atoms. The van der Waals surface area contributed by atoms with Crippen molar-refractivity contribution in [3.05, 3.63) is 48.3 Å². The van der Waals surface area contributed by atoms with Gasteiger partial charge in [0.2, 0.25) is 5.91 Å². The third-order valence-corrected chi connectivity index (χ3v) is 4.47. The summed E-state index contributed by atoms with van der Waals surface area (Å²) in [7, 11) is 0. The Hall–Kier alpha value is -2.20. The Balaban J connectivity index is 1.65. The second-order valence-electron chi connectivity index (χ2n) is 6.21. The van der Waals surface area contributed by atoms with Crippen molar-refractivity contribution in [1.29, 1.82) is 0 Å². The zero-order valence-electron chi connectivity index (χ0n) is 13.5. The molecular weight excluding hydrogens is 286 g/mol. The first-order valence-corrected chi connectivity index (χ1v) is 8.24. The van der Waals surface area contributed by atoms with E-state index in [9.17, 15) is 4.79 Å². The normalized spacial score (nSPS) is 17.2. The van der Waals surface area contributed by atoms with Crippen LogP contribution < -0.4 is 10.6 Å². The fraction of sp³-hybridized carbons (Fsp3) is 0.368. The van der Waals surface area contributed by atoms with Gasteiger partial charge >= 0.3 is 0 Å². The van der Waals surface area contributed by atoms with Gasteiger partial charge in [0.25, 0.3) is 0 Å². The van der Waals surface area contributed by atoms with Crippen LogP contribution >= 0.6 is 0 Å². The largest absolute Gasteiger partial charge is 0.326 e. The molecule has 1 atom stereocenters. The maximum Gasteiger partial charge on any atom is 0.224 e. The lowest BCUT2D eigenvalue weighted by Gasteiger charge is -2.12. The van der Waals surface area contributed by atoms with Gasteiger partial charge in [-0.2, -0.15) is 0 Å². The molecule has 120 valence electrons. The Labute approximate surface area is 137 Å². The number of amides is 1. The summed E-state index contributed by atoms with van der Waals surface area (Å²) in [6.45, 7) is 4.15. The van der Waals surface area contributed by atoms with Gasteiger partial charge in [-0.25, -0.2) is 0 Å². The van der Waals surface area contributed by atoms with E-state index in [4.69, 9.17) is 0 Å². The van der Waals surface area contributed by atoms with Crippen molar-refractivity contribution in [2.24, 2.45) is 5.92 Å². The van der Waals surface area contributed by atoms with Crippen LogP contribution in [-0.4, -0.2) is 24.0 Å². The molecule has 4 heteroatoms. The number of pyridine rings is 1. The molecular formula is C19H23N3O. The van der Waals surface area contributed by atoms with Crippen molar-refractivity contribution in [3.63, 3.8) is 0 Å². The summed E-state index contributed by atoms with van der Waals surface area (Å²) >= 11 is 0. The molecule has 0 aliphatic carbocycles. The number of hydrogen-bond acceptors (Lipinski definition) is 3. The zero-order chi connectivity index (χ0) is 16.1. The maximum atomic E-state index is 12.2. The van der Waals surface area contributed by atoms with Crippen molar-refractivity contribution in [2.45, 2.75) is 26.2 Å². The molecule has 2 aromatic rings. The Bertz CT molecular complexity index is 664. The van der Waals surface area contributed by atoms with Crippen LogP contribution in [0.1, 0.15) is 24.8 Å². The van der Waals surface area contributed by atoms with Gasteiger partial charge < -0.3 is 10.6 Å². The minimum absolute atomic E-state index is 0.104. The van der Waals surface area contributed by atoms with E-state index < -0.39 is 0 Å². The van der Waals surface area contributed by atoms with Crippen molar-refractivity contribution < 1.29 is 4.79 Å². The van der Waals surface area contributed by atoms with E-state index in [1.54, 1.807) is 12.4 Å². The van der Waals surface area contributed by atoms with Crippen LogP contribution in [0, 0.1) is 12.8 Å². The van der Waals surface area contributed by atoms with E-state index in [1.807, 2.05) is 31.2 Å². The zero-order valence-corrected chi connectivity index (χ0v) is 13.5. The molecule has 1 aromatic heterocycles. The molecule has 4 nitrogen and oxygen atoms in total. The summed E-state index contributed by atoms with van der Waals surface area (Å²) in [6, 6.07) is 10.1. The first-order valence-electron chi connectivity index (χ1n) is 8.24. The molecule has 0 radical (unpaired) electrons. The molecule has 0 saturated carbocycles. The lowest BCUT2D eigenvalue weighted by atomic mass is 10.0. The minimum Gasteiger partial charge on any atom is -0.326 e. The van der Waals surface area contributed by atoms with Crippen molar-refractivity contribution in [3.8, 4) is 11.1 Å². The van der Waals surface area contributed by atoms with Crippen LogP contribution in [0.3, 0.4) is 0 Å². The fourth-order valence-electron chi connectivity index (χ4n) is 2.99. The summed E-state index contributed by atoms with van der Waals surface area (Å²) in [5.41, 5.74) is 4.17. The average Bonchev–Trinajstić information content (AvgIpc) is 3.09. The Kier molecular flexibility index (Phi) is 5.03. The third kappa shape index (κ3) is 4.17. The number of carbonyl (C=O) groups is 1. The lowest BCUT2D eigenvalue weighted by Crippen LogP contribution is -2.15. The highest BCUT2D eigenvalue weighted by atomic mass is 16.1. The SMILES string of the molecule is Cc1ccc(-c2ccncc2)cc1NC(=O)CCC1CCNC1. The van der Waals surface area contributed by atoms with Crippen LogP contribution in [0.5, 0.6) is 0 Å². The first kappa shape index (κ1) is 15.7. The number of rotatable bonds is 5. The fourth-order valence-corrected chi connectivity index (χ4v) is 2.99. The standard InChI is InChI=1S/C19H23N3O/c1-14-2-4-17(16-7-10-20-11-8-16)12-18(14)22-19(23)5-3-15-6-9-21-13-15/h2,4,7-8,10-12,15,21H,3,5-6,9,13H2,1H3,(H,22,23). The van der Waals surface area contributed by atoms with Gasteiger partial charge in [0.05, 0.1) is 0 Å². The molecule has 0 spiro atoms. The number of nitrogens with one attached hydrogen (secondary N) is 2. The number of aromatic nitrogens is 1. The number of anilines is 1. The quantitative estimate of drug-likeness (QED) is 0.890. The highest BCUT2D eigenvalue weighted by Gasteiger charge is 2.16. The van der Waals surface area contributed by atoms with E-state index in [1.165, 1.54) is 6.42 Å². The van der Waals surface area contributed by atoms with E-state index in [2.05, 4.69) is 21.7 Å². The van der Waals surface area contributed by atoms with Crippen LogP contribution in [0.2, 0.25) is 0 Å². The smallest absolute Gasteiger partial charge is 0.224 e. The summed E-state index contributed by atoms with van der Waals surface area (Å²) in [4.78, 5) is 16.3. The summed E-state index contributed by atoms with van der Waals surface area (Å²) in [5.74, 6) is 0.747. The van der Waals surface area contributed by atoms with Crippen LogP contribution in [0.25, 0.3) is 11.1 Å². The summed E-state index contributed by atoms with van der Waals surface area (Å²) in [6.07, 6.45) is 6.29. The van der Waals surface area contributed by atoms with E-state index in [-0.39, 0.29) is 5.91 Å². The van der Waals surface area contributed by atoms with Crippen LogP contribution in [0.4, 0.5) is 5.69 Å². The highest BCUT2D eigenvalue weighted by molar-refractivity contribution is 5.92. The molecule has 1 unspecified atom stereocenters. The number of benzene rings is 1. The van der Waals surface area contributed by atoms with Gasteiger partial charge in [-0.3, -0.25) is 9.78 Å². The number of aryl methyl sites for hydroxylation is 1. The van der Waals surface area contributed by atoms with Gasteiger partial charge in [-0.1, -0.05) is 12.1 Å². The van der Waals surface area contributed by atoms with E-state index in [0.717, 1.165) is 41.9 Å². The van der Waals surface area contributed by atoms with E-state index in [0.29, 0.717) is 12.3 Å². The van der Waals surface area contributed by atoms with Crippen LogP contribution in [-0.2, 0) is 4.79 Å². The Morgan fingerprint density at radius 3 is 2.83 bits per heavy atom. The minimum atomic E-state index is 0.104.